The second kappa shape index (κ2) is 4.70. The van der Waals surface area contributed by atoms with Crippen LogP contribution in [0.4, 0.5) is 4.39 Å². The monoisotopic (exact) mass is 242 g/mol. The number of hydrogen-bond donors (Lipinski definition) is 2. The van der Waals surface area contributed by atoms with Crippen LogP contribution in [0.25, 0.3) is 0 Å². The molecule has 0 aromatic heterocycles. The minimum Gasteiger partial charge on any atom is -0.315 e. The summed E-state index contributed by atoms with van der Waals surface area (Å²) in [6, 6.07) is 4.94. The van der Waals surface area contributed by atoms with Gasteiger partial charge in [0, 0.05) is 18.6 Å². The van der Waals surface area contributed by atoms with Crippen LogP contribution >= 0.6 is 11.6 Å². The maximum Gasteiger partial charge on any atom is 0.142 e. The lowest BCUT2D eigenvalue weighted by molar-refractivity contribution is 0.385. The van der Waals surface area contributed by atoms with Crippen molar-refractivity contribution in [3.63, 3.8) is 0 Å². The SMILES string of the molecule is CC1(NCc2ccc(Cl)c(F)c2)CCNC1. The first-order valence-corrected chi connectivity index (χ1v) is 5.87. The highest BCUT2D eigenvalue weighted by molar-refractivity contribution is 6.30. The Balaban J connectivity index is 1.96. The highest BCUT2D eigenvalue weighted by atomic mass is 35.5. The van der Waals surface area contributed by atoms with Crippen LogP contribution in [0.2, 0.25) is 5.02 Å². The predicted molar refractivity (Wildman–Crippen MR) is 64.1 cm³/mol. The van der Waals surface area contributed by atoms with Crippen molar-refractivity contribution in [1.82, 2.24) is 10.6 Å². The summed E-state index contributed by atoms with van der Waals surface area (Å²) in [7, 11) is 0. The smallest absolute Gasteiger partial charge is 0.142 e. The van der Waals surface area contributed by atoms with Crippen LogP contribution in [0.3, 0.4) is 0 Å². The van der Waals surface area contributed by atoms with E-state index in [0.29, 0.717) is 6.54 Å². The summed E-state index contributed by atoms with van der Waals surface area (Å²) in [4.78, 5) is 0. The standard InChI is InChI=1S/C12H16ClFN2/c1-12(4-5-15-8-12)16-7-9-2-3-10(13)11(14)6-9/h2-3,6,15-16H,4-5,7-8H2,1H3. The lowest BCUT2D eigenvalue weighted by atomic mass is 10.0. The third kappa shape index (κ3) is 2.73. The number of rotatable bonds is 3. The van der Waals surface area contributed by atoms with Gasteiger partial charge in [-0.1, -0.05) is 17.7 Å². The van der Waals surface area contributed by atoms with Gasteiger partial charge in [0.05, 0.1) is 5.02 Å². The van der Waals surface area contributed by atoms with E-state index in [2.05, 4.69) is 17.6 Å². The predicted octanol–water partition coefficient (Wildman–Crippen LogP) is 2.32. The van der Waals surface area contributed by atoms with Gasteiger partial charge >= 0.3 is 0 Å². The molecule has 16 heavy (non-hydrogen) atoms. The first kappa shape index (κ1) is 11.8. The second-order valence-electron chi connectivity index (χ2n) is 4.59. The summed E-state index contributed by atoms with van der Waals surface area (Å²) in [5.74, 6) is -0.351. The average molecular weight is 243 g/mol. The molecule has 0 spiro atoms. The Morgan fingerprint density at radius 3 is 3.00 bits per heavy atom. The van der Waals surface area contributed by atoms with Crippen molar-refractivity contribution in [2.75, 3.05) is 13.1 Å². The summed E-state index contributed by atoms with van der Waals surface area (Å²) in [6.45, 7) is 4.85. The Hall–Kier alpha value is -0.640. The highest BCUT2D eigenvalue weighted by Crippen LogP contribution is 2.17. The van der Waals surface area contributed by atoms with Crippen LogP contribution in [-0.4, -0.2) is 18.6 Å². The molecule has 0 aliphatic carbocycles. The molecule has 88 valence electrons. The topological polar surface area (TPSA) is 24.1 Å². The Labute approximate surface area is 100 Å². The molecule has 0 radical (unpaired) electrons. The number of nitrogens with one attached hydrogen (secondary N) is 2. The van der Waals surface area contributed by atoms with Crippen molar-refractivity contribution < 1.29 is 4.39 Å². The van der Waals surface area contributed by atoms with Crippen LogP contribution < -0.4 is 10.6 Å². The van der Waals surface area contributed by atoms with E-state index >= 15 is 0 Å². The van der Waals surface area contributed by atoms with E-state index in [1.807, 2.05) is 6.07 Å². The Bertz CT molecular complexity index is 375. The first-order valence-electron chi connectivity index (χ1n) is 5.49. The molecule has 1 unspecified atom stereocenters. The summed E-state index contributed by atoms with van der Waals surface area (Å²) in [5.41, 5.74) is 1.05. The molecule has 1 atom stereocenters. The molecule has 0 saturated carbocycles. The third-order valence-corrected chi connectivity index (χ3v) is 3.38. The fourth-order valence-electron chi connectivity index (χ4n) is 1.93. The molecule has 1 aromatic carbocycles. The fraction of sp³-hybridized carbons (Fsp3) is 0.500. The van der Waals surface area contributed by atoms with E-state index in [0.717, 1.165) is 25.1 Å². The van der Waals surface area contributed by atoms with Crippen molar-refractivity contribution in [2.45, 2.75) is 25.4 Å². The Kier molecular flexibility index (Phi) is 3.47. The van der Waals surface area contributed by atoms with Crippen LogP contribution in [0.5, 0.6) is 0 Å². The van der Waals surface area contributed by atoms with Gasteiger partial charge in [-0.15, -0.1) is 0 Å². The Morgan fingerprint density at radius 1 is 1.56 bits per heavy atom. The van der Waals surface area contributed by atoms with Gasteiger partial charge < -0.3 is 10.6 Å². The maximum absolute atomic E-state index is 13.2. The van der Waals surface area contributed by atoms with Crippen LogP contribution in [0.15, 0.2) is 18.2 Å². The number of benzene rings is 1. The maximum atomic E-state index is 13.2. The molecule has 1 aliphatic rings. The quantitative estimate of drug-likeness (QED) is 0.850. The molecule has 2 rings (SSSR count). The van der Waals surface area contributed by atoms with Crippen LogP contribution in [0.1, 0.15) is 18.9 Å². The minimum absolute atomic E-state index is 0.121. The minimum atomic E-state index is -0.351. The second-order valence-corrected chi connectivity index (χ2v) is 5.00. The molecular weight excluding hydrogens is 227 g/mol. The lowest BCUT2D eigenvalue weighted by Gasteiger charge is -2.24. The molecule has 1 heterocycles. The van der Waals surface area contributed by atoms with Gasteiger partial charge in [0.2, 0.25) is 0 Å². The van der Waals surface area contributed by atoms with E-state index in [-0.39, 0.29) is 16.4 Å². The number of hydrogen-bond acceptors (Lipinski definition) is 2. The summed E-state index contributed by atoms with van der Waals surface area (Å²) >= 11 is 5.63. The molecule has 1 aliphatic heterocycles. The van der Waals surface area contributed by atoms with Gasteiger partial charge in [0.15, 0.2) is 0 Å². The molecule has 0 amide bonds. The zero-order valence-electron chi connectivity index (χ0n) is 9.32. The summed E-state index contributed by atoms with van der Waals surface area (Å²) in [5, 5.41) is 6.94. The van der Waals surface area contributed by atoms with E-state index in [9.17, 15) is 4.39 Å². The van der Waals surface area contributed by atoms with Crippen molar-refractivity contribution in [3.8, 4) is 0 Å². The zero-order valence-corrected chi connectivity index (χ0v) is 10.1. The van der Waals surface area contributed by atoms with Crippen LogP contribution in [-0.2, 0) is 6.54 Å². The van der Waals surface area contributed by atoms with Crippen molar-refractivity contribution >= 4 is 11.6 Å². The lowest BCUT2D eigenvalue weighted by Crippen LogP contribution is -2.43. The molecule has 2 nitrogen and oxygen atoms in total. The molecule has 1 fully saturated rings. The molecule has 2 N–H and O–H groups in total. The van der Waals surface area contributed by atoms with Gasteiger partial charge in [-0.05, 0) is 37.6 Å². The zero-order chi connectivity index (χ0) is 11.6. The highest BCUT2D eigenvalue weighted by Gasteiger charge is 2.27. The third-order valence-electron chi connectivity index (χ3n) is 3.07. The van der Waals surface area contributed by atoms with E-state index in [4.69, 9.17) is 11.6 Å². The van der Waals surface area contributed by atoms with Gasteiger partial charge in [-0.25, -0.2) is 4.39 Å². The molecule has 4 heteroatoms. The molecule has 0 bridgehead atoms. The van der Waals surface area contributed by atoms with E-state index < -0.39 is 0 Å². The average Bonchev–Trinajstić information content (AvgIpc) is 2.68. The summed E-state index contributed by atoms with van der Waals surface area (Å²) in [6.07, 6.45) is 1.10. The van der Waals surface area contributed by atoms with Crippen LogP contribution in [0, 0.1) is 5.82 Å². The summed E-state index contributed by atoms with van der Waals surface area (Å²) < 4.78 is 13.2. The van der Waals surface area contributed by atoms with Crippen molar-refractivity contribution in [1.29, 1.82) is 0 Å². The van der Waals surface area contributed by atoms with E-state index in [1.54, 1.807) is 6.07 Å². The van der Waals surface area contributed by atoms with Crippen molar-refractivity contribution in [3.05, 3.63) is 34.6 Å². The molecule has 1 aromatic rings. The largest absolute Gasteiger partial charge is 0.315 e. The van der Waals surface area contributed by atoms with Gasteiger partial charge in [0.1, 0.15) is 5.82 Å². The molecular formula is C12H16ClFN2. The number of halogens is 2. The van der Waals surface area contributed by atoms with Crippen molar-refractivity contribution in [2.24, 2.45) is 0 Å². The fourth-order valence-corrected chi connectivity index (χ4v) is 2.05. The van der Waals surface area contributed by atoms with Gasteiger partial charge in [-0.2, -0.15) is 0 Å². The first-order chi connectivity index (χ1) is 7.59. The van der Waals surface area contributed by atoms with Gasteiger partial charge in [-0.3, -0.25) is 0 Å². The molecule has 1 saturated heterocycles. The van der Waals surface area contributed by atoms with E-state index in [1.165, 1.54) is 6.07 Å². The van der Waals surface area contributed by atoms with Gasteiger partial charge in [0.25, 0.3) is 0 Å². The Morgan fingerprint density at radius 2 is 2.38 bits per heavy atom. The normalized spacial score (nSPS) is 24.9.